The molecule has 108 valence electrons. The fourth-order valence-corrected chi connectivity index (χ4v) is 1.77. The lowest BCUT2D eigenvalue weighted by Gasteiger charge is -2.21. The van der Waals surface area contributed by atoms with Crippen LogP contribution in [0.15, 0.2) is 9.59 Å². The molecule has 2 N–H and O–H groups in total. The molecule has 0 amide bonds. The number of nitriles is 1. The largest absolute Gasteiger partial charge is 0.480 e. The highest BCUT2D eigenvalue weighted by Crippen LogP contribution is 2.13. The monoisotopic (exact) mass is 280 g/mol. The van der Waals surface area contributed by atoms with Gasteiger partial charge in [-0.25, -0.2) is 9.59 Å². The lowest BCUT2D eigenvalue weighted by atomic mass is 10.0. The van der Waals surface area contributed by atoms with Gasteiger partial charge in [-0.05, 0) is 5.92 Å². The number of nitrogens with one attached hydrogen (secondary N) is 1. The Kier molecular flexibility index (Phi) is 4.34. The first-order valence-electron chi connectivity index (χ1n) is 5.91. The molecular weight excluding hydrogens is 264 g/mol. The van der Waals surface area contributed by atoms with Crippen molar-refractivity contribution in [2.24, 2.45) is 20.0 Å². The average Bonchev–Trinajstić information content (AvgIpc) is 2.38. The molecular formula is C12H16N4O4. The number of nitrogens with zero attached hydrogens (tertiary/aromatic N) is 3. The van der Waals surface area contributed by atoms with Crippen molar-refractivity contribution in [3.8, 4) is 6.07 Å². The fourth-order valence-electron chi connectivity index (χ4n) is 1.77. The molecule has 1 atom stereocenters. The van der Waals surface area contributed by atoms with Crippen molar-refractivity contribution < 1.29 is 9.90 Å². The summed E-state index contributed by atoms with van der Waals surface area (Å²) in [6, 6.07) is 0.693. The van der Waals surface area contributed by atoms with Crippen molar-refractivity contribution >= 4 is 11.8 Å². The van der Waals surface area contributed by atoms with Crippen LogP contribution in [0.1, 0.15) is 19.4 Å². The number of aliphatic carboxylic acids is 1. The van der Waals surface area contributed by atoms with Crippen LogP contribution >= 0.6 is 0 Å². The standard InChI is InChI=1S/C12H16N4O4/c1-6(2)8(11(18)19)14-9-7(5-13)10(17)16(4)12(20)15(9)3/h6,8,14H,1-4H3,(H,18,19)/t8-/m0/s1. The molecule has 0 aliphatic rings. The number of hydrogen-bond acceptors (Lipinski definition) is 5. The molecule has 20 heavy (non-hydrogen) atoms. The summed E-state index contributed by atoms with van der Waals surface area (Å²) < 4.78 is 1.85. The van der Waals surface area contributed by atoms with E-state index in [1.54, 1.807) is 19.9 Å². The molecule has 1 aromatic rings. The molecule has 0 saturated carbocycles. The van der Waals surface area contributed by atoms with Gasteiger partial charge in [-0.15, -0.1) is 0 Å². The summed E-state index contributed by atoms with van der Waals surface area (Å²) in [5, 5.41) is 20.8. The minimum Gasteiger partial charge on any atom is -0.480 e. The van der Waals surface area contributed by atoms with Gasteiger partial charge in [0.2, 0.25) is 0 Å². The van der Waals surface area contributed by atoms with E-state index in [1.165, 1.54) is 14.1 Å². The molecule has 0 fully saturated rings. The van der Waals surface area contributed by atoms with E-state index in [4.69, 9.17) is 10.4 Å². The predicted octanol–water partition coefficient (Wildman–Crippen LogP) is -0.523. The summed E-state index contributed by atoms with van der Waals surface area (Å²) in [7, 11) is 2.62. The lowest BCUT2D eigenvalue weighted by molar-refractivity contribution is -0.138. The Balaban J connectivity index is 3.54. The van der Waals surface area contributed by atoms with Gasteiger partial charge in [0.15, 0.2) is 5.56 Å². The van der Waals surface area contributed by atoms with Crippen LogP contribution in [0.3, 0.4) is 0 Å². The van der Waals surface area contributed by atoms with E-state index in [-0.39, 0.29) is 17.3 Å². The number of carboxylic acids is 1. The number of anilines is 1. The van der Waals surface area contributed by atoms with Gasteiger partial charge >= 0.3 is 11.7 Å². The van der Waals surface area contributed by atoms with Crippen LogP contribution in [0.25, 0.3) is 0 Å². The molecule has 1 aromatic heterocycles. The average molecular weight is 280 g/mol. The summed E-state index contributed by atoms with van der Waals surface area (Å²) in [5.74, 6) is -1.50. The van der Waals surface area contributed by atoms with Gasteiger partial charge in [0.05, 0.1) is 0 Å². The van der Waals surface area contributed by atoms with Crippen molar-refractivity contribution in [3.63, 3.8) is 0 Å². The molecule has 1 heterocycles. The molecule has 8 heteroatoms. The molecule has 0 aliphatic heterocycles. The summed E-state index contributed by atoms with van der Waals surface area (Å²) in [4.78, 5) is 34.9. The zero-order valence-corrected chi connectivity index (χ0v) is 11.7. The summed E-state index contributed by atoms with van der Waals surface area (Å²) in [6.07, 6.45) is 0. The number of carboxylic acid groups (broad SMARTS) is 1. The molecule has 0 bridgehead atoms. The highest BCUT2D eigenvalue weighted by Gasteiger charge is 2.25. The summed E-state index contributed by atoms with van der Waals surface area (Å²) in [5.41, 5.74) is -1.68. The second-order valence-electron chi connectivity index (χ2n) is 4.75. The van der Waals surface area contributed by atoms with E-state index >= 15 is 0 Å². The van der Waals surface area contributed by atoms with Gasteiger partial charge in [-0.1, -0.05) is 13.8 Å². The van der Waals surface area contributed by atoms with E-state index in [2.05, 4.69) is 5.32 Å². The first-order chi connectivity index (χ1) is 9.22. The van der Waals surface area contributed by atoms with E-state index in [1.807, 2.05) is 0 Å². The highest BCUT2D eigenvalue weighted by atomic mass is 16.4. The van der Waals surface area contributed by atoms with E-state index in [0.29, 0.717) is 0 Å². The Morgan fingerprint density at radius 1 is 1.30 bits per heavy atom. The first kappa shape index (κ1) is 15.5. The van der Waals surface area contributed by atoms with E-state index in [0.717, 1.165) is 9.13 Å². The number of aromatic nitrogens is 2. The second kappa shape index (κ2) is 5.61. The van der Waals surface area contributed by atoms with Crippen LogP contribution in [0.4, 0.5) is 5.82 Å². The van der Waals surface area contributed by atoms with Crippen LogP contribution in [-0.2, 0) is 18.9 Å². The quantitative estimate of drug-likeness (QED) is 0.766. The maximum absolute atomic E-state index is 11.9. The van der Waals surface area contributed by atoms with Gasteiger partial charge in [-0.3, -0.25) is 13.9 Å². The molecule has 1 rings (SSSR count). The molecule has 0 aromatic carbocycles. The maximum Gasteiger partial charge on any atom is 0.332 e. The van der Waals surface area contributed by atoms with Crippen molar-refractivity contribution in [2.45, 2.75) is 19.9 Å². The minimum atomic E-state index is -1.13. The van der Waals surface area contributed by atoms with Gasteiger partial charge in [0, 0.05) is 14.1 Å². The second-order valence-corrected chi connectivity index (χ2v) is 4.75. The molecule has 0 saturated heterocycles. The zero-order chi connectivity index (χ0) is 15.6. The van der Waals surface area contributed by atoms with Crippen molar-refractivity contribution in [3.05, 3.63) is 26.4 Å². The molecule has 8 nitrogen and oxygen atoms in total. The Morgan fingerprint density at radius 3 is 2.25 bits per heavy atom. The van der Waals surface area contributed by atoms with Crippen LogP contribution in [0, 0.1) is 17.2 Å². The topological polar surface area (TPSA) is 117 Å². The third-order valence-electron chi connectivity index (χ3n) is 3.00. The predicted molar refractivity (Wildman–Crippen MR) is 71.5 cm³/mol. The molecule has 0 spiro atoms. The minimum absolute atomic E-state index is 0.0818. The highest BCUT2D eigenvalue weighted by molar-refractivity contribution is 5.77. The van der Waals surface area contributed by atoms with Crippen LogP contribution in [0.5, 0.6) is 0 Å². The maximum atomic E-state index is 11.9. The molecule has 0 radical (unpaired) electrons. The Hall–Kier alpha value is -2.56. The lowest BCUT2D eigenvalue weighted by Crippen LogP contribution is -2.43. The zero-order valence-electron chi connectivity index (χ0n) is 11.7. The van der Waals surface area contributed by atoms with Crippen LogP contribution < -0.4 is 16.6 Å². The van der Waals surface area contributed by atoms with Crippen LogP contribution in [0.2, 0.25) is 0 Å². The third kappa shape index (κ3) is 2.56. The Morgan fingerprint density at radius 2 is 1.85 bits per heavy atom. The number of rotatable bonds is 4. The van der Waals surface area contributed by atoms with E-state index < -0.39 is 23.3 Å². The SMILES string of the molecule is CC(C)[C@H](Nc1c(C#N)c(=O)n(C)c(=O)n1C)C(=O)O. The Labute approximate surface area is 114 Å². The molecule has 0 unspecified atom stereocenters. The Bertz CT molecular complexity index is 693. The van der Waals surface area contributed by atoms with Crippen molar-refractivity contribution in [1.29, 1.82) is 5.26 Å². The van der Waals surface area contributed by atoms with Crippen LogP contribution in [-0.4, -0.2) is 26.3 Å². The van der Waals surface area contributed by atoms with Crippen molar-refractivity contribution in [1.82, 2.24) is 9.13 Å². The summed E-state index contributed by atoms with van der Waals surface area (Å²) >= 11 is 0. The van der Waals surface area contributed by atoms with Gasteiger partial charge in [0.25, 0.3) is 5.56 Å². The third-order valence-corrected chi connectivity index (χ3v) is 3.00. The number of hydrogen-bond donors (Lipinski definition) is 2. The van der Waals surface area contributed by atoms with E-state index in [9.17, 15) is 14.4 Å². The molecule has 0 aliphatic carbocycles. The smallest absolute Gasteiger partial charge is 0.332 e. The van der Waals surface area contributed by atoms with Gasteiger partial charge in [0.1, 0.15) is 17.9 Å². The van der Waals surface area contributed by atoms with Crippen molar-refractivity contribution in [2.75, 3.05) is 5.32 Å². The number of carbonyl (C=O) groups is 1. The first-order valence-corrected chi connectivity index (χ1v) is 5.91. The van der Waals surface area contributed by atoms with Gasteiger partial charge < -0.3 is 10.4 Å². The fraction of sp³-hybridized carbons (Fsp3) is 0.500. The summed E-state index contributed by atoms with van der Waals surface area (Å²) in [6.45, 7) is 3.36. The van der Waals surface area contributed by atoms with Gasteiger partial charge in [-0.2, -0.15) is 5.26 Å². The normalized spacial score (nSPS) is 12.0.